The molecule has 12 nitrogen and oxygen atoms in total. The zero-order valence-corrected chi connectivity index (χ0v) is 71.3. The van der Waals surface area contributed by atoms with E-state index in [0.29, 0.717) is 17.8 Å². The number of esters is 6. The van der Waals surface area contributed by atoms with E-state index in [1.165, 1.54) is 154 Å². The summed E-state index contributed by atoms with van der Waals surface area (Å²) in [7, 11) is 0. The summed E-state index contributed by atoms with van der Waals surface area (Å²) in [4.78, 5) is 72.9. The van der Waals surface area contributed by atoms with Gasteiger partial charge in [-0.05, 0) is 427 Å². The predicted octanol–water partition coefficient (Wildman–Crippen LogP) is 22.4. The molecule has 22 aliphatic carbocycles. The third-order valence-corrected chi connectivity index (χ3v) is 37.1. The van der Waals surface area contributed by atoms with Crippen molar-refractivity contribution in [3.8, 4) is 0 Å². The molecule has 0 aliphatic heterocycles. The molecular formula is C97H154O12. The molecule has 0 radical (unpaired) electrons. The minimum absolute atomic E-state index is 0.0251. The maximum absolute atomic E-state index is 12.4. The van der Waals surface area contributed by atoms with Crippen LogP contribution in [0.5, 0.6) is 0 Å². The lowest BCUT2D eigenvalue weighted by atomic mass is 9.54. The fraction of sp³-hybridized carbons (Fsp3) is 0.938. The zero-order chi connectivity index (χ0) is 77.1. The van der Waals surface area contributed by atoms with Gasteiger partial charge in [-0.15, -0.1) is 0 Å². The molecule has 12 heteroatoms. The van der Waals surface area contributed by atoms with E-state index >= 15 is 0 Å². The molecule has 0 aromatic heterocycles. The van der Waals surface area contributed by atoms with Crippen LogP contribution < -0.4 is 0 Å². The van der Waals surface area contributed by atoms with Crippen molar-refractivity contribution in [2.24, 2.45) is 188 Å². The van der Waals surface area contributed by atoms with E-state index in [1.807, 2.05) is 62.3 Å². The lowest BCUT2D eigenvalue weighted by Gasteiger charge is -2.56. The molecule has 0 aromatic carbocycles. The molecule has 22 rings (SSSR count). The van der Waals surface area contributed by atoms with Crippen LogP contribution in [-0.4, -0.2) is 71.4 Å². The largest absolute Gasteiger partial charge is 0.462 e. The number of hydrogen-bond acceptors (Lipinski definition) is 12. The summed E-state index contributed by atoms with van der Waals surface area (Å²) < 4.78 is 35.5. The Bertz CT molecular complexity index is 3160. The Morgan fingerprint density at radius 2 is 0.587 bits per heavy atom. The molecular weight excluding hydrogens is 1360 g/mol. The van der Waals surface area contributed by atoms with Gasteiger partial charge in [-0.2, -0.15) is 0 Å². The van der Waals surface area contributed by atoms with Crippen LogP contribution in [0.1, 0.15) is 348 Å². The Labute approximate surface area is 660 Å². The van der Waals surface area contributed by atoms with Crippen LogP contribution in [0.4, 0.5) is 0 Å². The van der Waals surface area contributed by atoms with E-state index in [2.05, 4.69) is 41.5 Å². The molecule has 0 spiro atoms. The molecule has 22 fully saturated rings. The first kappa shape index (κ1) is 81.0. The first-order valence-electron chi connectivity index (χ1n) is 47.2. The van der Waals surface area contributed by atoms with Crippen molar-refractivity contribution in [2.45, 2.75) is 383 Å². The monoisotopic (exact) mass is 1510 g/mol. The second kappa shape index (κ2) is 32.0. The molecule has 0 N–H and O–H groups in total. The second-order valence-electron chi connectivity index (χ2n) is 44.6. The Morgan fingerprint density at radius 1 is 0.294 bits per heavy atom. The van der Waals surface area contributed by atoms with Crippen molar-refractivity contribution in [3.05, 3.63) is 0 Å². The molecule has 0 heterocycles. The highest BCUT2D eigenvalue weighted by Gasteiger charge is 2.66. The van der Waals surface area contributed by atoms with Crippen LogP contribution in [0.25, 0.3) is 0 Å². The number of carbonyl (C=O) groups excluding carboxylic acids is 6. The Kier molecular flexibility index (Phi) is 23.8. The zero-order valence-electron chi connectivity index (χ0n) is 71.3. The van der Waals surface area contributed by atoms with Crippen LogP contribution in [0.15, 0.2) is 0 Å². The molecule has 22 aliphatic rings. The van der Waals surface area contributed by atoms with E-state index in [1.54, 1.807) is 0 Å². The third-order valence-electron chi connectivity index (χ3n) is 37.1. The standard InChI is InChI=1S/C18H28O2.C17H26O2.2C16H26O2.2C15H24O2/c1-4-18(2,3)17(19)20-14-9-12-8-13(14)16-11-6-5-10(7-11)15(12)16;1-3-9(2)17(18)19-14-8-12-7-13(14)16-11-5-4-10(6-11)15(12)16;1-4-15(2,3)14(17)18-16-8-11-5-12(9-16)7-13(6-11)10-16;1-4-16(2,3)15(17)18-14-9-10-8-13(14)12-7-5-6-11(10)12;1-3-10(2)14(16)17-15-7-11-4-12(8-15)6-13(5-11)9-15;1-3-9(2)15(16)17-14-8-10-7-13(14)12-6-4-5-11(10)12/h10-16H,4-9H2,1-3H3;9-16H,3-8H2,1-2H3;11-13H,4-10H2,1-3H3;10-14H,4-9H2,1-3H3;10-13H,3-9H2,1-2H3;9-14H,3-8H2,1-2H3. The average molecular weight is 1510 g/mol. The summed E-state index contributed by atoms with van der Waals surface area (Å²) in [6.45, 7) is 30.4. The van der Waals surface area contributed by atoms with Crippen molar-refractivity contribution >= 4 is 35.8 Å². The second-order valence-corrected chi connectivity index (χ2v) is 44.6. The van der Waals surface area contributed by atoms with Crippen molar-refractivity contribution < 1.29 is 57.2 Å². The quantitative estimate of drug-likeness (QED) is 0.0728. The van der Waals surface area contributed by atoms with Crippen molar-refractivity contribution in [1.29, 1.82) is 0 Å². The molecule has 22 saturated carbocycles. The Hall–Kier alpha value is -3.18. The highest BCUT2D eigenvalue weighted by molar-refractivity contribution is 5.77. The Balaban J connectivity index is 0.000000104. The molecule has 27 unspecified atom stereocenters. The van der Waals surface area contributed by atoms with Gasteiger partial charge in [0, 0.05) is 0 Å². The maximum Gasteiger partial charge on any atom is 0.312 e. The van der Waals surface area contributed by atoms with E-state index < -0.39 is 0 Å². The normalized spacial score (nSPS) is 45.7. The highest BCUT2D eigenvalue weighted by Crippen LogP contribution is 2.70. The van der Waals surface area contributed by atoms with Crippen LogP contribution in [0.2, 0.25) is 0 Å². The maximum atomic E-state index is 12.4. The van der Waals surface area contributed by atoms with Gasteiger partial charge >= 0.3 is 35.8 Å². The van der Waals surface area contributed by atoms with E-state index in [0.717, 1.165) is 226 Å². The third kappa shape index (κ3) is 15.9. The van der Waals surface area contributed by atoms with Crippen LogP contribution in [0.3, 0.4) is 0 Å². The van der Waals surface area contributed by atoms with Gasteiger partial charge in [0.05, 0.1) is 34.0 Å². The molecule has 0 aromatic rings. The molecule has 20 bridgehead atoms. The summed E-state index contributed by atoms with van der Waals surface area (Å²) in [6, 6.07) is 0. The van der Waals surface area contributed by atoms with Crippen molar-refractivity contribution in [2.75, 3.05) is 0 Å². The van der Waals surface area contributed by atoms with Crippen molar-refractivity contribution in [1.82, 2.24) is 0 Å². The number of fused-ring (bicyclic) bond motifs is 28. The van der Waals surface area contributed by atoms with Gasteiger partial charge in [0.15, 0.2) is 0 Å². The summed E-state index contributed by atoms with van der Waals surface area (Å²) in [6.07, 6.45) is 49.0. The number of rotatable bonds is 18. The van der Waals surface area contributed by atoms with Gasteiger partial charge in [-0.3, -0.25) is 28.8 Å². The summed E-state index contributed by atoms with van der Waals surface area (Å²) in [5.41, 5.74) is -1.05. The molecule has 0 amide bonds. The first-order chi connectivity index (χ1) is 51.9. The lowest BCUT2D eigenvalue weighted by molar-refractivity contribution is -0.196. The summed E-state index contributed by atoms with van der Waals surface area (Å²) in [5.74, 6) is 23.5. The van der Waals surface area contributed by atoms with Crippen LogP contribution in [-0.2, 0) is 57.2 Å². The number of carbonyl (C=O) groups is 6. The van der Waals surface area contributed by atoms with Gasteiger partial charge in [-0.1, -0.05) is 75.2 Å². The Morgan fingerprint density at radius 3 is 0.954 bits per heavy atom. The molecule has 0 saturated heterocycles. The molecule has 27 atom stereocenters. The summed E-state index contributed by atoms with van der Waals surface area (Å²) in [5, 5.41) is 0. The van der Waals surface area contributed by atoms with Gasteiger partial charge in [0.25, 0.3) is 0 Å². The van der Waals surface area contributed by atoms with Crippen molar-refractivity contribution in [3.63, 3.8) is 0 Å². The topological polar surface area (TPSA) is 158 Å². The van der Waals surface area contributed by atoms with Crippen LogP contribution >= 0.6 is 0 Å². The van der Waals surface area contributed by atoms with E-state index in [-0.39, 0.29) is 105 Å². The van der Waals surface area contributed by atoms with Gasteiger partial charge < -0.3 is 28.4 Å². The molecule has 614 valence electrons. The average Bonchev–Trinajstić information content (AvgIpc) is 1.58. The minimum Gasteiger partial charge on any atom is -0.462 e. The van der Waals surface area contributed by atoms with Crippen LogP contribution in [0, 0.1) is 188 Å². The minimum atomic E-state index is -0.316. The fourth-order valence-electron chi connectivity index (χ4n) is 30.6. The van der Waals surface area contributed by atoms with E-state index in [4.69, 9.17) is 28.4 Å². The number of hydrogen-bond donors (Lipinski definition) is 0. The lowest BCUT2D eigenvalue weighted by Crippen LogP contribution is -2.53. The van der Waals surface area contributed by atoms with Gasteiger partial charge in [-0.25, -0.2) is 0 Å². The van der Waals surface area contributed by atoms with Gasteiger partial charge in [0.1, 0.15) is 35.6 Å². The number of ether oxygens (including phenoxy) is 6. The smallest absolute Gasteiger partial charge is 0.312 e. The first-order valence-corrected chi connectivity index (χ1v) is 47.2. The fourth-order valence-corrected chi connectivity index (χ4v) is 30.6. The molecule has 109 heavy (non-hydrogen) atoms. The summed E-state index contributed by atoms with van der Waals surface area (Å²) >= 11 is 0. The predicted molar refractivity (Wildman–Crippen MR) is 426 cm³/mol. The highest BCUT2D eigenvalue weighted by atomic mass is 16.6. The van der Waals surface area contributed by atoms with E-state index in [9.17, 15) is 28.8 Å². The SMILES string of the molecule is CCC(C)(C)C(=O)OC12CC3CC(CC(C3)C1)C2.CCC(C)(C)C(=O)OC1CC2CC1C1C3CCC(C3)C21.CCC(C)(C)C(=O)OC1CC2CC1C1CCCC21.CCC(C)C(=O)OC12CC3CC(CC(C3)C1)C2.CCC(C)C(=O)OC1CC2CC1C1C3CCC(C3)C21.CCC(C)C(=O)OC1CC2CC1C1CCCC21. The van der Waals surface area contributed by atoms with Gasteiger partial charge in [0.2, 0.25) is 0 Å².